The molecule has 0 bridgehead atoms. The number of benzene rings is 1. The van der Waals surface area contributed by atoms with E-state index < -0.39 is 0 Å². The van der Waals surface area contributed by atoms with Crippen molar-refractivity contribution in [2.75, 3.05) is 5.75 Å². The average Bonchev–Trinajstić information content (AvgIpc) is 2.68. The van der Waals surface area contributed by atoms with Crippen LogP contribution in [0.2, 0.25) is 0 Å². The molecule has 0 spiro atoms. The maximum absolute atomic E-state index is 5.97. The average molecular weight is 236 g/mol. The Kier molecular flexibility index (Phi) is 3.51. The van der Waals surface area contributed by atoms with Crippen LogP contribution in [0.4, 0.5) is 0 Å². The van der Waals surface area contributed by atoms with Crippen LogP contribution in [0.3, 0.4) is 0 Å². The van der Waals surface area contributed by atoms with Gasteiger partial charge in [-0.3, -0.25) is 0 Å². The van der Waals surface area contributed by atoms with Gasteiger partial charge in [0.25, 0.3) is 5.22 Å². The van der Waals surface area contributed by atoms with Crippen LogP contribution >= 0.6 is 11.8 Å². The first-order valence-corrected chi connectivity index (χ1v) is 6.39. The maximum Gasteiger partial charge on any atom is 0.256 e. The molecule has 0 saturated heterocycles. The molecule has 2 aromatic rings. The SMILES string of the molecule is CC(C)C(N)CSc1nc2ccccc2o1. The molecule has 0 radical (unpaired) electrons. The van der Waals surface area contributed by atoms with Gasteiger partial charge in [-0.05, 0) is 18.1 Å². The van der Waals surface area contributed by atoms with Crippen LogP contribution in [0.5, 0.6) is 0 Å². The lowest BCUT2D eigenvalue weighted by molar-refractivity contribution is 0.485. The molecule has 0 fully saturated rings. The molecule has 0 amide bonds. The summed E-state index contributed by atoms with van der Waals surface area (Å²) >= 11 is 1.58. The van der Waals surface area contributed by atoms with Crippen molar-refractivity contribution in [2.45, 2.75) is 25.1 Å². The molecule has 86 valence electrons. The predicted octanol–water partition coefficient (Wildman–Crippen LogP) is 2.90. The van der Waals surface area contributed by atoms with E-state index >= 15 is 0 Å². The Labute approximate surface area is 99.4 Å². The van der Waals surface area contributed by atoms with E-state index in [0.29, 0.717) is 11.1 Å². The minimum atomic E-state index is 0.181. The Morgan fingerprint density at radius 3 is 2.81 bits per heavy atom. The Morgan fingerprint density at radius 2 is 2.12 bits per heavy atom. The van der Waals surface area contributed by atoms with E-state index in [9.17, 15) is 0 Å². The number of thioether (sulfide) groups is 1. The molecule has 1 aromatic carbocycles. The van der Waals surface area contributed by atoms with Crippen molar-refractivity contribution in [2.24, 2.45) is 11.7 Å². The second-order valence-electron chi connectivity index (χ2n) is 4.17. The number of para-hydroxylation sites is 2. The van der Waals surface area contributed by atoms with E-state index in [1.807, 2.05) is 24.3 Å². The van der Waals surface area contributed by atoms with Crippen molar-refractivity contribution < 1.29 is 4.42 Å². The van der Waals surface area contributed by atoms with Crippen LogP contribution in [-0.4, -0.2) is 16.8 Å². The van der Waals surface area contributed by atoms with E-state index in [1.165, 1.54) is 0 Å². The molecule has 1 aromatic heterocycles. The normalized spacial score (nSPS) is 13.5. The van der Waals surface area contributed by atoms with Gasteiger partial charge < -0.3 is 10.2 Å². The second-order valence-corrected chi connectivity index (χ2v) is 5.14. The largest absolute Gasteiger partial charge is 0.431 e. The summed E-state index contributed by atoms with van der Waals surface area (Å²) in [7, 11) is 0. The third kappa shape index (κ3) is 2.57. The molecular formula is C12H16N2OS. The summed E-state index contributed by atoms with van der Waals surface area (Å²) < 4.78 is 5.59. The number of fused-ring (bicyclic) bond motifs is 1. The molecule has 0 aliphatic heterocycles. The fraction of sp³-hybridized carbons (Fsp3) is 0.417. The van der Waals surface area contributed by atoms with E-state index in [4.69, 9.17) is 10.2 Å². The molecule has 1 heterocycles. The van der Waals surface area contributed by atoms with E-state index in [2.05, 4.69) is 18.8 Å². The highest BCUT2D eigenvalue weighted by molar-refractivity contribution is 7.99. The first-order valence-electron chi connectivity index (χ1n) is 5.41. The summed E-state index contributed by atoms with van der Waals surface area (Å²) in [5.41, 5.74) is 7.71. The minimum Gasteiger partial charge on any atom is -0.431 e. The zero-order valence-electron chi connectivity index (χ0n) is 9.51. The fourth-order valence-corrected chi connectivity index (χ4v) is 2.30. The zero-order chi connectivity index (χ0) is 11.5. The number of oxazole rings is 1. The van der Waals surface area contributed by atoms with Crippen LogP contribution in [0.15, 0.2) is 33.9 Å². The third-order valence-corrected chi connectivity index (χ3v) is 3.50. The summed E-state index contributed by atoms with van der Waals surface area (Å²) in [6.07, 6.45) is 0. The van der Waals surface area contributed by atoms with Crippen LogP contribution < -0.4 is 5.73 Å². The van der Waals surface area contributed by atoms with Crippen molar-refractivity contribution in [1.29, 1.82) is 0 Å². The number of rotatable bonds is 4. The Bertz CT molecular complexity index is 434. The van der Waals surface area contributed by atoms with Gasteiger partial charge in [0.2, 0.25) is 0 Å². The maximum atomic E-state index is 5.97. The molecule has 1 atom stereocenters. The standard InChI is InChI=1S/C12H16N2OS/c1-8(2)9(13)7-16-12-14-10-5-3-4-6-11(10)15-12/h3-6,8-9H,7,13H2,1-2H3. The molecular weight excluding hydrogens is 220 g/mol. The number of hydrogen-bond donors (Lipinski definition) is 1. The van der Waals surface area contributed by atoms with Crippen LogP contribution in [0.25, 0.3) is 11.1 Å². The Hall–Kier alpha value is -1.00. The minimum absolute atomic E-state index is 0.181. The number of hydrogen-bond acceptors (Lipinski definition) is 4. The van der Waals surface area contributed by atoms with Gasteiger partial charge in [0.1, 0.15) is 5.52 Å². The summed E-state index contributed by atoms with van der Waals surface area (Å²) in [4.78, 5) is 4.38. The highest BCUT2D eigenvalue weighted by Gasteiger charge is 2.11. The zero-order valence-corrected chi connectivity index (χ0v) is 10.3. The van der Waals surface area contributed by atoms with Gasteiger partial charge in [0.15, 0.2) is 5.58 Å². The van der Waals surface area contributed by atoms with Crippen molar-refractivity contribution in [3.63, 3.8) is 0 Å². The summed E-state index contributed by atoms with van der Waals surface area (Å²) in [5.74, 6) is 1.32. The Balaban J connectivity index is 2.05. The van der Waals surface area contributed by atoms with Crippen molar-refractivity contribution in [3.8, 4) is 0 Å². The van der Waals surface area contributed by atoms with Gasteiger partial charge in [0, 0.05) is 11.8 Å². The van der Waals surface area contributed by atoms with E-state index in [1.54, 1.807) is 11.8 Å². The number of aromatic nitrogens is 1. The monoisotopic (exact) mass is 236 g/mol. The lowest BCUT2D eigenvalue weighted by Gasteiger charge is -2.12. The summed E-state index contributed by atoms with van der Waals surface area (Å²) in [6.45, 7) is 4.24. The van der Waals surface area contributed by atoms with Crippen molar-refractivity contribution in [3.05, 3.63) is 24.3 Å². The van der Waals surface area contributed by atoms with Gasteiger partial charge in [-0.25, -0.2) is 4.98 Å². The van der Waals surface area contributed by atoms with Crippen molar-refractivity contribution >= 4 is 22.9 Å². The third-order valence-electron chi connectivity index (χ3n) is 2.53. The number of nitrogens with zero attached hydrogens (tertiary/aromatic N) is 1. The Morgan fingerprint density at radius 1 is 1.38 bits per heavy atom. The van der Waals surface area contributed by atoms with Gasteiger partial charge in [0.05, 0.1) is 0 Å². The molecule has 3 nitrogen and oxygen atoms in total. The van der Waals surface area contributed by atoms with Crippen LogP contribution in [0, 0.1) is 5.92 Å². The van der Waals surface area contributed by atoms with E-state index in [0.717, 1.165) is 16.9 Å². The summed E-state index contributed by atoms with van der Waals surface area (Å²) in [6, 6.07) is 7.96. The van der Waals surface area contributed by atoms with Crippen LogP contribution in [-0.2, 0) is 0 Å². The highest BCUT2D eigenvalue weighted by atomic mass is 32.2. The van der Waals surface area contributed by atoms with Crippen LogP contribution in [0.1, 0.15) is 13.8 Å². The molecule has 2 rings (SSSR count). The molecule has 0 saturated carbocycles. The van der Waals surface area contributed by atoms with Gasteiger partial charge in [-0.2, -0.15) is 0 Å². The molecule has 4 heteroatoms. The first-order chi connectivity index (χ1) is 7.66. The molecule has 16 heavy (non-hydrogen) atoms. The highest BCUT2D eigenvalue weighted by Crippen LogP contribution is 2.24. The predicted molar refractivity (Wildman–Crippen MR) is 67.5 cm³/mol. The van der Waals surface area contributed by atoms with Gasteiger partial charge in [-0.1, -0.05) is 37.7 Å². The molecule has 0 aliphatic rings. The lowest BCUT2D eigenvalue weighted by Crippen LogP contribution is -2.28. The lowest BCUT2D eigenvalue weighted by atomic mass is 10.1. The van der Waals surface area contributed by atoms with Crippen molar-refractivity contribution in [1.82, 2.24) is 4.98 Å². The fourth-order valence-electron chi connectivity index (χ4n) is 1.27. The molecule has 1 unspecified atom stereocenters. The summed E-state index contributed by atoms with van der Waals surface area (Å²) in [5, 5.41) is 0.706. The topological polar surface area (TPSA) is 52.0 Å². The smallest absolute Gasteiger partial charge is 0.256 e. The second kappa shape index (κ2) is 4.89. The molecule has 0 aliphatic carbocycles. The quantitative estimate of drug-likeness (QED) is 0.829. The van der Waals surface area contributed by atoms with Gasteiger partial charge in [-0.15, -0.1) is 0 Å². The molecule has 2 N–H and O–H groups in total. The first kappa shape index (κ1) is 11.5. The number of nitrogens with two attached hydrogens (primary N) is 1. The van der Waals surface area contributed by atoms with Gasteiger partial charge >= 0.3 is 0 Å². The van der Waals surface area contributed by atoms with E-state index in [-0.39, 0.29) is 6.04 Å².